The van der Waals surface area contributed by atoms with Gasteiger partial charge in [0.15, 0.2) is 5.43 Å². The maximum atomic E-state index is 13.8. The number of benzene rings is 3. The molecule has 1 aliphatic heterocycles. The van der Waals surface area contributed by atoms with Crippen LogP contribution in [-0.2, 0) is 0 Å². The normalized spacial score (nSPS) is 15.5. The third-order valence-corrected chi connectivity index (χ3v) is 6.92. The second-order valence-electron chi connectivity index (χ2n) is 7.40. The van der Waals surface area contributed by atoms with Crippen LogP contribution in [0.4, 0.5) is 10.7 Å². The van der Waals surface area contributed by atoms with E-state index in [1.54, 1.807) is 47.4 Å². The van der Waals surface area contributed by atoms with Crippen molar-refractivity contribution in [1.82, 2.24) is 0 Å². The molecule has 1 unspecified atom stereocenters. The van der Waals surface area contributed by atoms with Crippen LogP contribution in [0.25, 0.3) is 10.1 Å². The van der Waals surface area contributed by atoms with Gasteiger partial charge in [0.05, 0.1) is 17.6 Å². The summed E-state index contributed by atoms with van der Waals surface area (Å²) < 4.78 is 0.736. The maximum Gasteiger partial charge on any atom is 0.194 e. The number of rotatable bonds is 2. The first-order valence-corrected chi connectivity index (χ1v) is 11.0. The second kappa shape index (κ2) is 7.72. The molecule has 4 aromatic rings. The Morgan fingerprint density at radius 1 is 1.06 bits per heavy atom. The number of hydrogen-bond acceptors (Lipinski definition) is 6. The standard InChI is InChI=1S/C25H16ClN3O2S/c26-15-8-11-18-20(12-15)32-25-22(23(18)31)21(14-6-9-17(30)10-7-14)19(13-27)24(28)29(25)16-4-2-1-3-5-16/h1-12,21,30H,28H2. The van der Waals surface area contributed by atoms with Crippen LogP contribution in [0.3, 0.4) is 0 Å². The lowest BCUT2D eigenvalue weighted by Crippen LogP contribution is -2.34. The van der Waals surface area contributed by atoms with E-state index in [-0.39, 0.29) is 22.6 Å². The highest BCUT2D eigenvalue weighted by Gasteiger charge is 2.37. The average molecular weight is 458 g/mol. The SMILES string of the molecule is N#CC1=C(N)N(c2ccccc2)c2sc3cc(Cl)ccc3c(=O)c2C1c1ccc(O)cc1. The molecule has 3 aromatic carbocycles. The van der Waals surface area contributed by atoms with Gasteiger partial charge in [0.25, 0.3) is 0 Å². The predicted molar refractivity (Wildman–Crippen MR) is 128 cm³/mol. The molecule has 5 rings (SSSR count). The van der Waals surface area contributed by atoms with E-state index in [2.05, 4.69) is 6.07 Å². The molecule has 7 heteroatoms. The summed E-state index contributed by atoms with van der Waals surface area (Å²) in [4.78, 5) is 15.6. The Hall–Kier alpha value is -3.79. The van der Waals surface area contributed by atoms with Crippen molar-refractivity contribution in [3.63, 3.8) is 0 Å². The number of hydrogen-bond donors (Lipinski definition) is 2. The van der Waals surface area contributed by atoms with E-state index < -0.39 is 5.92 Å². The Morgan fingerprint density at radius 2 is 1.78 bits per heavy atom. The van der Waals surface area contributed by atoms with Gasteiger partial charge in [-0.3, -0.25) is 9.69 Å². The van der Waals surface area contributed by atoms with Crippen molar-refractivity contribution in [1.29, 1.82) is 5.26 Å². The number of halogens is 1. The van der Waals surface area contributed by atoms with Crippen molar-refractivity contribution in [3.8, 4) is 11.8 Å². The number of allylic oxidation sites excluding steroid dienone is 1. The van der Waals surface area contributed by atoms with Crippen molar-refractivity contribution in [3.05, 3.63) is 111 Å². The number of nitrogens with two attached hydrogens (primary N) is 1. The molecule has 1 aliphatic rings. The lowest BCUT2D eigenvalue weighted by molar-refractivity contribution is 0.475. The molecule has 0 amide bonds. The van der Waals surface area contributed by atoms with Gasteiger partial charge in [0.2, 0.25) is 0 Å². The van der Waals surface area contributed by atoms with Crippen LogP contribution >= 0.6 is 22.9 Å². The van der Waals surface area contributed by atoms with Crippen molar-refractivity contribution in [2.24, 2.45) is 5.73 Å². The molecule has 0 saturated carbocycles. The highest BCUT2D eigenvalue weighted by Crippen LogP contribution is 2.48. The third kappa shape index (κ3) is 3.11. The first kappa shape index (κ1) is 20.1. The largest absolute Gasteiger partial charge is 0.508 e. The van der Waals surface area contributed by atoms with Gasteiger partial charge in [0, 0.05) is 26.4 Å². The van der Waals surface area contributed by atoms with Gasteiger partial charge in [-0.2, -0.15) is 5.26 Å². The van der Waals surface area contributed by atoms with Crippen LogP contribution in [0.5, 0.6) is 5.75 Å². The molecule has 1 aromatic heterocycles. The molecule has 5 nitrogen and oxygen atoms in total. The lowest BCUT2D eigenvalue weighted by Gasteiger charge is -2.35. The summed E-state index contributed by atoms with van der Waals surface area (Å²) >= 11 is 7.62. The van der Waals surface area contributed by atoms with E-state index in [4.69, 9.17) is 17.3 Å². The molecular weight excluding hydrogens is 442 g/mol. The number of nitrogens with zero attached hydrogens (tertiary/aromatic N) is 2. The minimum Gasteiger partial charge on any atom is -0.508 e. The smallest absolute Gasteiger partial charge is 0.194 e. The Balaban J connectivity index is 1.91. The molecule has 0 aliphatic carbocycles. The molecule has 0 bridgehead atoms. The number of phenolic OH excluding ortho intramolecular Hbond substituents is 1. The summed E-state index contributed by atoms with van der Waals surface area (Å²) in [6.07, 6.45) is 0. The second-order valence-corrected chi connectivity index (χ2v) is 8.86. The zero-order valence-electron chi connectivity index (χ0n) is 16.6. The van der Waals surface area contributed by atoms with Gasteiger partial charge in [-0.05, 0) is 48.0 Å². The zero-order valence-corrected chi connectivity index (χ0v) is 18.2. The van der Waals surface area contributed by atoms with E-state index in [9.17, 15) is 15.2 Å². The van der Waals surface area contributed by atoms with Crippen LogP contribution in [0.15, 0.2) is 89.0 Å². The van der Waals surface area contributed by atoms with E-state index in [0.29, 0.717) is 26.5 Å². The number of fused-ring (bicyclic) bond motifs is 2. The van der Waals surface area contributed by atoms with Gasteiger partial charge in [-0.15, -0.1) is 11.3 Å². The van der Waals surface area contributed by atoms with Crippen LogP contribution in [0, 0.1) is 11.3 Å². The monoisotopic (exact) mass is 457 g/mol. The van der Waals surface area contributed by atoms with Crippen LogP contribution in [-0.4, -0.2) is 5.11 Å². The van der Waals surface area contributed by atoms with Gasteiger partial charge < -0.3 is 10.8 Å². The van der Waals surface area contributed by atoms with E-state index in [1.807, 2.05) is 30.3 Å². The molecule has 32 heavy (non-hydrogen) atoms. The number of anilines is 2. The average Bonchev–Trinajstić information content (AvgIpc) is 2.79. The van der Waals surface area contributed by atoms with Crippen molar-refractivity contribution in [2.75, 3.05) is 4.90 Å². The predicted octanol–water partition coefficient (Wildman–Crippen LogP) is 5.60. The van der Waals surface area contributed by atoms with Crippen LogP contribution in [0.2, 0.25) is 5.02 Å². The zero-order chi connectivity index (χ0) is 22.4. The number of para-hydroxylation sites is 1. The molecule has 0 fully saturated rings. The highest BCUT2D eigenvalue weighted by atomic mass is 35.5. The molecule has 2 heterocycles. The van der Waals surface area contributed by atoms with Gasteiger partial charge in [-0.25, -0.2) is 0 Å². The number of aromatic hydroxyl groups is 1. The van der Waals surface area contributed by atoms with Crippen molar-refractivity contribution in [2.45, 2.75) is 5.92 Å². The Labute approximate surface area is 192 Å². The Bertz CT molecular complexity index is 1490. The summed E-state index contributed by atoms with van der Waals surface area (Å²) in [5.74, 6) is -0.287. The molecule has 0 saturated heterocycles. The molecular formula is C25H16ClN3O2S. The van der Waals surface area contributed by atoms with Gasteiger partial charge in [-0.1, -0.05) is 41.9 Å². The molecule has 156 valence electrons. The molecule has 0 spiro atoms. The Morgan fingerprint density at radius 3 is 2.47 bits per heavy atom. The van der Waals surface area contributed by atoms with Crippen molar-refractivity contribution >= 4 is 43.7 Å². The minimum atomic E-state index is -0.653. The molecule has 3 N–H and O–H groups in total. The van der Waals surface area contributed by atoms with Crippen molar-refractivity contribution < 1.29 is 5.11 Å². The third-order valence-electron chi connectivity index (χ3n) is 5.53. The fourth-order valence-electron chi connectivity index (χ4n) is 4.07. The van der Waals surface area contributed by atoms with E-state index >= 15 is 0 Å². The Kier molecular flexibility index (Phi) is 4.86. The minimum absolute atomic E-state index is 0.101. The fourth-order valence-corrected chi connectivity index (χ4v) is 5.58. The molecule has 0 radical (unpaired) electrons. The topological polar surface area (TPSA) is 90.4 Å². The number of nitriles is 1. The van der Waals surface area contributed by atoms with Crippen LogP contribution < -0.4 is 16.1 Å². The first-order chi connectivity index (χ1) is 15.5. The quantitative estimate of drug-likeness (QED) is 0.409. The van der Waals surface area contributed by atoms with E-state index in [0.717, 1.165) is 10.4 Å². The molecule has 1 atom stereocenters. The van der Waals surface area contributed by atoms with Gasteiger partial charge in [0.1, 0.15) is 16.6 Å². The summed E-state index contributed by atoms with van der Waals surface area (Å²) in [5, 5.41) is 21.6. The summed E-state index contributed by atoms with van der Waals surface area (Å²) in [7, 11) is 0. The van der Waals surface area contributed by atoms with Gasteiger partial charge >= 0.3 is 0 Å². The maximum absolute atomic E-state index is 13.8. The number of phenols is 1. The highest BCUT2D eigenvalue weighted by molar-refractivity contribution is 7.22. The fraction of sp³-hybridized carbons (Fsp3) is 0.0400. The summed E-state index contributed by atoms with van der Waals surface area (Å²) in [6.45, 7) is 0. The van der Waals surface area contributed by atoms with Crippen LogP contribution in [0.1, 0.15) is 17.0 Å². The lowest BCUT2D eigenvalue weighted by atomic mass is 9.83. The summed E-state index contributed by atoms with van der Waals surface area (Å²) in [5.41, 5.74) is 8.61. The van der Waals surface area contributed by atoms with E-state index in [1.165, 1.54) is 11.3 Å². The summed E-state index contributed by atoms with van der Waals surface area (Å²) in [6, 6.07) is 23.3. The first-order valence-electron chi connectivity index (χ1n) is 9.79.